The van der Waals surface area contributed by atoms with E-state index in [1.165, 1.54) is 24.1 Å². The Balaban J connectivity index is 2.19. The number of carboxylic acids is 1. The number of hydrogen-bond acceptors (Lipinski definition) is 5. The van der Waals surface area contributed by atoms with Gasteiger partial charge in [-0.15, -0.1) is 0 Å². The van der Waals surface area contributed by atoms with Gasteiger partial charge in [0, 0.05) is 30.9 Å². The highest BCUT2D eigenvalue weighted by Crippen LogP contribution is 2.45. The number of hydrogen-bond donors (Lipinski definition) is 1. The molecule has 2 aliphatic heterocycles. The van der Waals surface area contributed by atoms with Gasteiger partial charge in [-0.2, -0.15) is 0 Å². The van der Waals surface area contributed by atoms with Gasteiger partial charge in [-0.25, -0.2) is 13.2 Å². The molecule has 2 heterocycles. The molecule has 2 aliphatic rings. The van der Waals surface area contributed by atoms with E-state index in [-0.39, 0.29) is 21.7 Å². The van der Waals surface area contributed by atoms with E-state index in [1.54, 1.807) is 38.4 Å². The maximum Gasteiger partial charge on any atom is 0.352 e. The molecule has 1 aromatic rings. The van der Waals surface area contributed by atoms with E-state index in [1.807, 2.05) is 0 Å². The van der Waals surface area contributed by atoms with Crippen LogP contribution in [0, 0.1) is 0 Å². The van der Waals surface area contributed by atoms with E-state index < -0.39 is 27.1 Å². The molecule has 0 aliphatic carbocycles. The van der Waals surface area contributed by atoms with Gasteiger partial charge < -0.3 is 10.0 Å². The molecule has 0 aromatic heterocycles. The average molecular weight is 409 g/mol. The second-order valence-corrected chi connectivity index (χ2v) is 8.87. The summed E-state index contributed by atoms with van der Waals surface area (Å²) in [6.45, 7) is 1.39. The highest BCUT2D eigenvalue weighted by Gasteiger charge is 2.57. The number of rotatable bonds is 3. The van der Waals surface area contributed by atoms with Crippen molar-refractivity contribution in [2.24, 2.45) is 0 Å². The standard InChI is InChI=1S/C18H17ClN2O5S/c1-10-14(9-20(2)3)27(25,26)17-13(8-11-4-6-12(19)7-5-11)16(22)21(17)15(10)18(23)24/h4-9,17H,1-3H3,(H,23,24)/b13-8-,14-9?/t17-/m1/s1. The van der Waals surface area contributed by atoms with Crippen molar-refractivity contribution in [3.05, 3.63) is 62.8 Å². The van der Waals surface area contributed by atoms with Crippen molar-refractivity contribution in [2.45, 2.75) is 12.3 Å². The molecular formula is C18H17ClN2O5S. The van der Waals surface area contributed by atoms with Gasteiger partial charge in [-0.1, -0.05) is 23.7 Å². The molecule has 0 unspecified atom stereocenters. The van der Waals surface area contributed by atoms with Crippen molar-refractivity contribution in [1.82, 2.24) is 9.80 Å². The van der Waals surface area contributed by atoms with Crippen LogP contribution in [0.2, 0.25) is 5.02 Å². The summed E-state index contributed by atoms with van der Waals surface area (Å²) in [5.41, 5.74) is 0.333. The molecule has 1 amide bonds. The van der Waals surface area contributed by atoms with Gasteiger partial charge in [0.2, 0.25) is 9.84 Å². The summed E-state index contributed by atoms with van der Waals surface area (Å²) in [6.07, 6.45) is 2.80. The Morgan fingerprint density at radius 2 is 1.85 bits per heavy atom. The molecular weight excluding hydrogens is 392 g/mol. The topological polar surface area (TPSA) is 95.0 Å². The SMILES string of the molecule is CC1=C(C(=O)O)N2C(=O)/C(=C/c3ccc(Cl)cc3)[C@H]2S(=O)(=O)C1=CN(C)C. The molecule has 9 heteroatoms. The normalized spacial score (nSPS) is 24.1. The van der Waals surface area contributed by atoms with Crippen LogP contribution in [0.3, 0.4) is 0 Å². The fourth-order valence-electron chi connectivity index (χ4n) is 3.12. The monoisotopic (exact) mass is 408 g/mol. The first-order valence-corrected chi connectivity index (χ1v) is 9.85. The third-order valence-corrected chi connectivity index (χ3v) is 6.63. The third-order valence-electron chi connectivity index (χ3n) is 4.30. The van der Waals surface area contributed by atoms with Crippen molar-refractivity contribution in [3.63, 3.8) is 0 Å². The number of carbonyl (C=O) groups is 2. The largest absolute Gasteiger partial charge is 0.477 e. The molecule has 0 spiro atoms. The Kier molecular flexibility index (Phi) is 4.65. The van der Waals surface area contributed by atoms with Crippen LogP contribution in [0.5, 0.6) is 0 Å². The van der Waals surface area contributed by atoms with Gasteiger partial charge in [-0.3, -0.25) is 9.69 Å². The summed E-state index contributed by atoms with van der Waals surface area (Å²) >= 11 is 5.84. The Bertz CT molecular complexity index is 1040. The first-order valence-electron chi connectivity index (χ1n) is 7.93. The van der Waals surface area contributed by atoms with E-state index in [9.17, 15) is 23.1 Å². The molecule has 1 N–H and O–H groups in total. The van der Waals surface area contributed by atoms with Crippen LogP contribution in [0.25, 0.3) is 6.08 Å². The van der Waals surface area contributed by atoms with Gasteiger partial charge in [-0.05, 0) is 30.7 Å². The second kappa shape index (κ2) is 6.54. The molecule has 0 radical (unpaired) electrons. The zero-order chi connectivity index (χ0) is 20.1. The first kappa shape index (κ1) is 19.2. The minimum absolute atomic E-state index is 0.0215. The Morgan fingerprint density at radius 1 is 1.26 bits per heavy atom. The van der Waals surface area contributed by atoms with Crippen molar-refractivity contribution in [1.29, 1.82) is 0 Å². The highest BCUT2D eigenvalue weighted by molar-refractivity contribution is 7.96. The lowest BCUT2D eigenvalue weighted by Crippen LogP contribution is -2.61. The van der Waals surface area contributed by atoms with Gasteiger partial charge in [0.25, 0.3) is 5.91 Å². The number of β-lactam (4-membered cyclic amide) rings is 1. The second-order valence-electron chi connectivity index (χ2n) is 6.46. The number of sulfone groups is 1. The van der Waals surface area contributed by atoms with Crippen molar-refractivity contribution >= 4 is 39.4 Å². The smallest absolute Gasteiger partial charge is 0.352 e. The first-order chi connectivity index (χ1) is 12.6. The summed E-state index contributed by atoms with van der Waals surface area (Å²) in [5.74, 6) is -1.99. The summed E-state index contributed by atoms with van der Waals surface area (Å²) in [7, 11) is -0.701. The minimum atomic E-state index is -3.98. The lowest BCUT2D eigenvalue weighted by molar-refractivity contribution is -0.141. The van der Waals surface area contributed by atoms with Crippen LogP contribution in [-0.2, 0) is 19.4 Å². The fourth-order valence-corrected chi connectivity index (χ4v) is 5.35. The van der Waals surface area contributed by atoms with Crippen molar-refractivity contribution < 1.29 is 23.1 Å². The number of allylic oxidation sites excluding steroid dienone is 1. The highest BCUT2D eigenvalue weighted by atomic mass is 35.5. The van der Waals surface area contributed by atoms with E-state index in [4.69, 9.17) is 11.6 Å². The van der Waals surface area contributed by atoms with Gasteiger partial charge >= 0.3 is 5.97 Å². The average Bonchev–Trinajstić information content (AvgIpc) is 2.57. The summed E-state index contributed by atoms with van der Waals surface area (Å²) in [6, 6.07) is 6.54. The van der Waals surface area contributed by atoms with E-state index in [2.05, 4.69) is 0 Å². The van der Waals surface area contributed by atoms with Gasteiger partial charge in [0.1, 0.15) is 5.70 Å². The molecule has 142 valence electrons. The van der Waals surface area contributed by atoms with Crippen LogP contribution in [0.15, 0.2) is 52.2 Å². The zero-order valence-corrected chi connectivity index (χ0v) is 16.4. The molecule has 1 fully saturated rings. The van der Waals surface area contributed by atoms with Gasteiger partial charge in [0.15, 0.2) is 5.37 Å². The molecule has 7 nitrogen and oxygen atoms in total. The fraction of sp³-hybridized carbons (Fsp3) is 0.222. The lowest BCUT2D eigenvalue weighted by Gasteiger charge is -2.45. The number of carboxylic acid groups (broad SMARTS) is 1. The number of nitrogens with zero attached hydrogens (tertiary/aromatic N) is 2. The van der Waals surface area contributed by atoms with Crippen LogP contribution in [-0.4, -0.2) is 54.7 Å². The molecule has 1 aromatic carbocycles. The maximum atomic E-state index is 13.1. The molecule has 3 rings (SSSR count). The number of aliphatic carboxylic acids is 1. The van der Waals surface area contributed by atoms with E-state index >= 15 is 0 Å². The third kappa shape index (κ3) is 3.04. The number of carbonyl (C=O) groups excluding carboxylic acids is 1. The summed E-state index contributed by atoms with van der Waals surface area (Å²) < 4.78 is 26.2. The zero-order valence-electron chi connectivity index (χ0n) is 14.8. The van der Waals surface area contributed by atoms with Crippen LogP contribution in [0.4, 0.5) is 0 Å². The molecule has 1 atom stereocenters. The van der Waals surface area contributed by atoms with Crippen LogP contribution >= 0.6 is 11.6 Å². The van der Waals surface area contributed by atoms with E-state index in [0.29, 0.717) is 10.6 Å². The van der Waals surface area contributed by atoms with Crippen LogP contribution in [0.1, 0.15) is 12.5 Å². The number of halogens is 1. The minimum Gasteiger partial charge on any atom is -0.477 e. The predicted octanol–water partition coefficient (Wildman–Crippen LogP) is 2.08. The number of fused-ring (bicyclic) bond motifs is 1. The Hall–Kier alpha value is -2.58. The van der Waals surface area contributed by atoms with Crippen LogP contribution < -0.4 is 0 Å². The lowest BCUT2D eigenvalue weighted by atomic mass is 9.99. The quantitative estimate of drug-likeness (QED) is 0.607. The summed E-state index contributed by atoms with van der Waals surface area (Å²) in [5, 5.41) is 8.70. The predicted molar refractivity (Wildman–Crippen MR) is 101 cm³/mol. The Labute approximate surface area is 161 Å². The van der Waals surface area contributed by atoms with E-state index in [0.717, 1.165) is 4.90 Å². The van der Waals surface area contributed by atoms with Gasteiger partial charge in [0.05, 0.1) is 10.5 Å². The Morgan fingerprint density at radius 3 is 2.37 bits per heavy atom. The van der Waals surface area contributed by atoms with Crippen molar-refractivity contribution in [3.8, 4) is 0 Å². The van der Waals surface area contributed by atoms with Crippen molar-refractivity contribution in [2.75, 3.05) is 14.1 Å². The summed E-state index contributed by atoms with van der Waals surface area (Å²) in [4.78, 5) is 26.6. The number of amides is 1. The maximum absolute atomic E-state index is 13.1. The molecule has 27 heavy (non-hydrogen) atoms. The molecule has 1 saturated heterocycles. The molecule has 0 bridgehead atoms. The molecule has 0 saturated carbocycles. The number of benzene rings is 1.